The molecule has 2 fully saturated rings. The molecular formula is C18H27N3O4S. The molecule has 1 spiro atoms. The molecule has 2 saturated heterocycles. The van der Waals surface area contributed by atoms with E-state index in [0.717, 1.165) is 25.7 Å². The summed E-state index contributed by atoms with van der Waals surface area (Å²) in [5.41, 5.74) is 0.172. The highest BCUT2D eigenvalue weighted by Gasteiger charge is 2.42. The molecule has 144 valence electrons. The molecule has 0 aromatic carbocycles. The largest absolute Gasteiger partial charge is 0.375 e. The minimum Gasteiger partial charge on any atom is -0.375 e. The molecule has 3 rings (SSSR count). The molecule has 1 atom stereocenters. The molecule has 1 amide bonds. The summed E-state index contributed by atoms with van der Waals surface area (Å²) < 4.78 is 31.7. The van der Waals surface area contributed by atoms with Gasteiger partial charge in [-0.05, 0) is 50.7 Å². The van der Waals surface area contributed by atoms with E-state index in [-0.39, 0.29) is 17.3 Å². The second-order valence-electron chi connectivity index (χ2n) is 7.11. The van der Waals surface area contributed by atoms with Gasteiger partial charge in [0.15, 0.2) is 0 Å². The lowest BCUT2D eigenvalue weighted by atomic mass is 9.80. The molecular weight excluding hydrogens is 354 g/mol. The van der Waals surface area contributed by atoms with E-state index in [1.54, 1.807) is 35.6 Å². The Morgan fingerprint density at radius 2 is 2.15 bits per heavy atom. The van der Waals surface area contributed by atoms with Crippen molar-refractivity contribution in [1.29, 1.82) is 0 Å². The van der Waals surface area contributed by atoms with Gasteiger partial charge in [-0.1, -0.05) is 6.07 Å². The van der Waals surface area contributed by atoms with Gasteiger partial charge >= 0.3 is 0 Å². The Labute approximate surface area is 155 Å². The van der Waals surface area contributed by atoms with Crippen LogP contribution in [0.15, 0.2) is 24.4 Å². The van der Waals surface area contributed by atoms with Crippen molar-refractivity contribution in [2.24, 2.45) is 5.92 Å². The smallest absolute Gasteiger partial charge is 0.269 e. The third-order valence-electron chi connectivity index (χ3n) is 5.44. The number of aromatic nitrogens is 1. The first-order chi connectivity index (χ1) is 12.4. The van der Waals surface area contributed by atoms with E-state index in [1.165, 1.54) is 0 Å². The summed E-state index contributed by atoms with van der Waals surface area (Å²) in [6.07, 6.45) is 4.81. The number of nitrogens with zero attached hydrogens (tertiary/aromatic N) is 2. The molecule has 2 aliphatic rings. The van der Waals surface area contributed by atoms with Gasteiger partial charge in [-0.15, -0.1) is 0 Å². The van der Waals surface area contributed by atoms with Crippen LogP contribution in [-0.2, 0) is 14.8 Å². The Bertz CT molecular complexity index is 715. The lowest BCUT2D eigenvalue weighted by Gasteiger charge is -2.45. The number of hydrogen-bond acceptors (Lipinski definition) is 5. The predicted molar refractivity (Wildman–Crippen MR) is 98.2 cm³/mol. The molecule has 0 saturated carbocycles. The van der Waals surface area contributed by atoms with Crippen LogP contribution in [0.5, 0.6) is 0 Å². The molecule has 2 aliphatic heterocycles. The van der Waals surface area contributed by atoms with Gasteiger partial charge in [0.2, 0.25) is 10.0 Å². The zero-order valence-corrected chi connectivity index (χ0v) is 16.0. The first kappa shape index (κ1) is 19.3. The van der Waals surface area contributed by atoms with Gasteiger partial charge in [-0.2, -0.15) is 0 Å². The zero-order chi connectivity index (χ0) is 18.6. The van der Waals surface area contributed by atoms with E-state index in [1.807, 2.05) is 0 Å². The van der Waals surface area contributed by atoms with E-state index in [0.29, 0.717) is 37.9 Å². The Hall–Kier alpha value is -1.51. The highest BCUT2D eigenvalue weighted by Crippen LogP contribution is 2.38. The van der Waals surface area contributed by atoms with Crippen LogP contribution in [0.25, 0.3) is 0 Å². The Morgan fingerprint density at radius 1 is 1.38 bits per heavy atom. The van der Waals surface area contributed by atoms with Crippen LogP contribution in [0.4, 0.5) is 0 Å². The summed E-state index contributed by atoms with van der Waals surface area (Å²) in [5, 5.41) is 2.97. The van der Waals surface area contributed by atoms with Crippen molar-refractivity contribution >= 4 is 15.9 Å². The van der Waals surface area contributed by atoms with Crippen LogP contribution in [0.1, 0.15) is 43.1 Å². The molecule has 0 radical (unpaired) electrons. The number of sulfonamides is 1. The zero-order valence-electron chi connectivity index (χ0n) is 15.2. The molecule has 3 heterocycles. The van der Waals surface area contributed by atoms with E-state index >= 15 is 0 Å². The second-order valence-corrected chi connectivity index (χ2v) is 9.37. The summed E-state index contributed by atoms with van der Waals surface area (Å²) in [5.74, 6) is 0.323. The number of amides is 1. The highest BCUT2D eigenvalue weighted by atomic mass is 32.2. The van der Waals surface area contributed by atoms with Crippen molar-refractivity contribution in [3.63, 3.8) is 0 Å². The van der Waals surface area contributed by atoms with Crippen molar-refractivity contribution in [2.45, 2.75) is 38.2 Å². The minimum absolute atomic E-state index is 0.142. The molecule has 8 heteroatoms. The third kappa shape index (κ3) is 4.42. The van der Waals surface area contributed by atoms with Gasteiger partial charge in [0.25, 0.3) is 5.91 Å². The minimum atomic E-state index is -3.13. The summed E-state index contributed by atoms with van der Waals surface area (Å²) in [7, 11) is -3.13. The van der Waals surface area contributed by atoms with Gasteiger partial charge in [0, 0.05) is 32.4 Å². The Morgan fingerprint density at radius 3 is 2.81 bits per heavy atom. The maximum Gasteiger partial charge on any atom is 0.269 e. The van der Waals surface area contributed by atoms with Gasteiger partial charge in [-0.3, -0.25) is 9.78 Å². The molecule has 0 bridgehead atoms. The van der Waals surface area contributed by atoms with Crippen molar-refractivity contribution in [1.82, 2.24) is 14.6 Å². The SMILES string of the molecule is CCS(=O)(=O)N1CCC2(CC1)CC(CNC(=O)c1ccccn1)CCO2. The first-order valence-electron chi connectivity index (χ1n) is 9.25. The topological polar surface area (TPSA) is 88.6 Å². The van der Waals surface area contributed by atoms with Gasteiger partial charge in [0.05, 0.1) is 11.4 Å². The Balaban J connectivity index is 1.53. The number of rotatable bonds is 5. The van der Waals surface area contributed by atoms with Crippen molar-refractivity contribution < 1.29 is 17.9 Å². The molecule has 26 heavy (non-hydrogen) atoms. The number of carbonyl (C=O) groups excluding carboxylic acids is 1. The summed E-state index contributed by atoms with van der Waals surface area (Å²) in [4.78, 5) is 16.2. The van der Waals surface area contributed by atoms with Crippen LogP contribution in [-0.4, -0.2) is 61.2 Å². The third-order valence-corrected chi connectivity index (χ3v) is 7.32. The number of ether oxygens (including phenoxy) is 1. The number of pyridine rings is 1. The molecule has 1 unspecified atom stereocenters. The maximum absolute atomic E-state index is 12.2. The lowest BCUT2D eigenvalue weighted by Crippen LogP contribution is -2.52. The first-order valence-corrected chi connectivity index (χ1v) is 10.9. The highest BCUT2D eigenvalue weighted by molar-refractivity contribution is 7.89. The molecule has 1 aromatic rings. The molecule has 7 nitrogen and oxygen atoms in total. The fourth-order valence-electron chi connectivity index (χ4n) is 3.83. The van der Waals surface area contributed by atoms with E-state index < -0.39 is 10.0 Å². The van der Waals surface area contributed by atoms with Crippen molar-refractivity contribution in [3.8, 4) is 0 Å². The summed E-state index contributed by atoms with van der Waals surface area (Å²) in [6.45, 7) is 3.96. The van der Waals surface area contributed by atoms with Crippen LogP contribution >= 0.6 is 0 Å². The van der Waals surface area contributed by atoms with Crippen LogP contribution in [0.2, 0.25) is 0 Å². The quantitative estimate of drug-likeness (QED) is 0.833. The van der Waals surface area contributed by atoms with E-state index in [4.69, 9.17) is 4.74 Å². The Kier molecular flexibility index (Phi) is 5.94. The average molecular weight is 381 g/mol. The maximum atomic E-state index is 12.2. The molecule has 1 aromatic heterocycles. The van der Waals surface area contributed by atoms with Crippen LogP contribution < -0.4 is 5.32 Å². The molecule has 0 aliphatic carbocycles. The number of piperidine rings is 1. The van der Waals surface area contributed by atoms with Crippen molar-refractivity contribution in [3.05, 3.63) is 30.1 Å². The van der Waals surface area contributed by atoms with Crippen LogP contribution in [0, 0.1) is 5.92 Å². The molecule has 1 N–H and O–H groups in total. The normalized spacial score (nSPS) is 23.7. The van der Waals surface area contributed by atoms with E-state index in [2.05, 4.69) is 10.3 Å². The monoisotopic (exact) mass is 381 g/mol. The average Bonchev–Trinajstić information content (AvgIpc) is 2.67. The second kappa shape index (κ2) is 8.02. The number of carbonyl (C=O) groups is 1. The fraction of sp³-hybridized carbons (Fsp3) is 0.667. The number of nitrogens with one attached hydrogen (secondary N) is 1. The van der Waals surface area contributed by atoms with Gasteiger partial charge < -0.3 is 10.1 Å². The summed E-state index contributed by atoms with van der Waals surface area (Å²) in [6, 6.07) is 5.28. The predicted octanol–water partition coefficient (Wildman–Crippen LogP) is 1.42. The number of hydrogen-bond donors (Lipinski definition) is 1. The van der Waals surface area contributed by atoms with Crippen LogP contribution in [0.3, 0.4) is 0 Å². The van der Waals surface area contributed by atoms with Crippen molar-refractivity contribution in [2.75, 3.05) is 32.0 Å². The fourth-order valence-corrected chi connectivity index (χ4v) is 4.94. The van der Waals surface area contributed by atoms with Gasteiger partial charge in [0.1, 0.15) is 5.69 Å². The summed E-state index contributed by atoms with van der Waals surface area (Å²) >= 11 is 0. The van der Waals surface area contributed by atoms with Gasteiger partial charge in [-0.25, -0.2) is 12.7 Å². The van der Waals surface area contributed by atoms with E-state index in [9.17, 15) is 13.2 Å². The lowest BCUT2D eigenvalue weighted by molar-refractivity contribution is -0.119. The standard InChI is InChI=1S/C18H27N3O4S/c1-2-26(23,24)21-10-7-18(8-11-21)13-15(6-12-25-18)14-20-17(22)16-5-3-4-9-19-16/h3-5,9,15H,2,6-8,10-14H2,1H3,(H,20,22).